The molecule has 0 fully saturated rings. The van der Waals surface area contributed by atoms with Gasteiger partial charge in [-0.05, 0) is 36.4 Å². The summed E-state index contributed by atoms with van der Waals surface area (Å²) in [4.78, 5) is 14.0. The fourth-order valence-corrected chi connectivity index (χ4v) is 2.98. The number of para-hydroxylation sites is 1. The maximum atomic E-state index is 12.6. The van der Waals surface area contributed by atoms with Gasteiger partial charge in [-0.25, -0.2) is 0 Å². The van der Waals surface area contributed by atoms with Gasteiger partial charge >= 0.3 is 0 Å². The maximum Gasteiger partial charge on any atom is 0.261 e. The molecule has 4 nitrogen and oxygen atoms in total. The quantitative estimate of drug-likeness (QED) is 0.765. The molecule has 24 heavy (non-hydrogen) atoms. The third kappa shape index (κ3) is 2.43. The minimum absolute atomic E-state index is 0.185. The van der Waals surface area contributed by atoms with Gasteiger partial charge in [-0.2, -0.15) is 0 Å². The molecule has 4 rings (SSSR count). The topological polar surface area (TPSA) is 52.6 Å². The largest absolute Gasteiger partial charge is 0.369 e. The van der Waals surface area contributed by atoms with Crippen LogP contribution in [0.5, 0.6) is 0 Å². The van der Waals surface area contributed by atoms with Crippen molar-refractivity contribution < 1.29 is 9.90 Å². The average Bonchev–Trinajstić information content (AvgIpc) is 2.87. The second-order valence-corrected chi connectivity index (χ2v) is 5.68. The van der Waals surface area contributed by atoms with Crippen molar-refractivity contribution in [1.29, 1.82) is 0 Å². The summed E-state index contributed by atoms with van der Waals surface area (Å²) in [5.41, 5.74) is 3.67. The van der Waals surface area contributed by atoms with E-state index in [4.69, 9.17) is 0 Å². The molecule has 0 saturated carbocycles. The number of hydrogen-bond acceptors (Lipinski definition) is 3. The predicted octanol–water partition coefficient (Wildman–Crippen LogP) is 4.08. The first-order chi connectivity index (χ1) is 11.7. The Morgan fingerprint density at radius 3 is 2.33 bits per heavy atom. The maximum absolute atomic E-state index is 12.6. The molecule has 0 spiro atoms. The van der Waals surface area contributed by atoms with E-state index in [-0.39, 0.29) is 5.91 Å². The number of fused-ring (bicyclic) bond motifs is 1. The van der Waals surface area contributed by atoms with Crippen LogP contribution in [0, 0.1) is 0 Å². The van der Waals surface area contributed by atoms with Crippen molar-refractivity contribution in [3.8, 4) is 0 Å². The van der Waals surface area contributed by atoms with Crippen LogP contribution in [0.1, 0.15) is 22.1 Å². The van der Waals surface area contributed by atoms with Crippen LogP contribution in [-0.4, -0.2) is 11.0 Å². The van der Waals surface area contributed by atoms with E-state index < -0.39 is 6.23 Å². The molecule has 0 aliphatic carbocycles. The minimum Gasteiger partial charge on any atom is -0.369 e. The van der Waals surface area contributed by atoms with E-state index >= 15 is 0 Å². The number of amides is 1. The number of anilines is 3. The first-order valence-electron chi connectivity index (χ1n) is 7.77. The summed E-state index contributed by atoms with van der Waals surface area (Å²) < 4.78 is 0. The summed E-state index contributed by atoms with van der Waals surface area (Å²) in [6.45, 7) is 0. The molecular weight excluding hydrogens is 300 g/mol. The van der Waals surface area contributed by atoms with Crippen molar-refractivity contribution in [3.05, 3.63) is 90.0 Å². The lowest BCUT2D eigenvalue weighted by Gasteiger charge is -2.21. The molecule has 1 atom stereocenters. The highest BCUT2D eigenvalue weighted by Gasteiger charge is 2.36. The molecule has 0 aromatic heterocycles. The number of hydrogen-bond donors (Lipinski definition) is 2. The highest BCUT2D eigenvalue weighted by atomic mass is 16.3. The number of carbonyl (C=O) groups excluding carboxylic acids is 1. The summed E-state index contributed by atoms with van der Waals surface area (Å²) in [6.07, 6.45) is -0.958. The summed E-state index contributed by atoms with van der Waals surface area (Å²) in [7, 11) is 0. The lowest BCUT2D eigenvalue weighted by Crippen LogP contribution is -2.27. The second-order valence-electron chi connectivity index (χ2n) is 5.68. The van der Waals surface area contributed by atoms with E-state index in [1.165, 1.54) is 4.90 Å². The van der Waals surface area contributed by atoms with Crippen LogP contribution in [0.2, 0.25) is 0 Å². The number of nitrogens with zero attached hydrogens (tertiary/aromatic N) is 1. The van der Waals surface area contributed by atoms with Gasteiger partial charge in [-0.15, -0.1) is 0 Å². The van der Waals surface area contributed by atoms with Crippen molar-refractivity contribution in [1.82, 2.24) is 0 Å². The Kier molecular flexibility index (Phi) is 3.52. The summed E-state index contributed by atoms with van der Waals surface area (Å²) >= 11 is 0. The van der Waals surface area contributed by atoms with Crippen LogP contribution < -0.4 is 10.2 Å². The van der Waals surface area contributed by atoms with Crippen LogP contribution in [0.25, 0.3) is 0 Å². The fourth-order valence-electron chi connectivity index (χ4n) is 2.98. The Labute approximate surface area is 140 Å². The van der Waals surface area contributed by atoms with Crippen molar-refractivity contribution in [2.24, 2.45) is 0 Å². The Morgan fingerprint density at radius 1 is 0.833 bits per heavy atom. The molecule has 1 amide bonds. The molecule has 4 heteroatoms. The molecular formula is C20H16N2O2. The molecule has 0 radical (unpaired) electrons. The average molecular weight is 316 g/mol. The highest BCUT2D eigenvalue weighted by molar-refractivity contribution is 6.10. The number of carbonyl (C=O) groups is 1. The monoisotopic (exact) mass is 316 g/mol. The first kappa shape index (κ1) is 14.5. The zero-order valence-electron chi connectivity index (χ0n) is 12.9. The number of benzene rings is 3. The van der Waals surface area contributed by atoms with E-state index in [2.05, 4.69) is 5.32 Å². The van der Waals surface area contributed by atoms with Crippen molar-refractivity contribution in [2.45, 2.75) is 6.23 Å². The summed E-state index contributed by atoms with van der Waals surface area (Å²) in [5, 5.41) is 13.8. The number of aliphatic hydroxyl groups is 1. The van der Waals surface area contributed by atoms with Gasteiger partial charge in [0, 0.05) is 28.2 Å². The van der Waals surface area contributed by atoms with Crippen molar-refractivity contribution in [3.63, 3.8) is 0 Å². The Morgan fingerprint density at radius 2 is 1.54 bits per heavy atom. The Balaban J connectivity index is 1.66. The summed E-state index contributed by atoms with van der Waals surface area (Å²) in [6, 6.07) is 24.4. The molecule has 0 bridgehead atoms. The smallest absolute Gasteiger partial charge is 0.261 e. The zero-order valence-corrected chi connectivity index (χ0v) is 12.9. The van der Waals surface area contributed by atoms with Gasteiger partial charge in [0.15, 0.2) is 6.23 Å². The van der Waals surface area contributed by atoms with Gasteiger partial charge < -0.3 is 10.4 Å². The normalized spacial score (nSPS) is 16.1. The van der Waals surface area contributed by atoms with E-state index in [0.717, 1.165) is 11.4 Å². The van der Waals surface area contributed by atoms with E-state index in [0.29, 0.717) is 16.8 Å². The molecule has 1 unspecified atom stereocenters. The summed E-state index contributed by atoms with van der Waals surface area (Å²) in [5.74, 6) is -0.185. The standard InChI is InChI=1S/C20H16N2O2/c23-19-17-11-4-5-12-18(17)20(24)22(19)16-10-6-9-15(13-16)21-14-7-2-1-3-8-14/h1-13,19,21,23H. The molecule has 3 aromatic rings. The van der Waals surface area contributed by atoms with Gasteiger partial charge in [0.2, 0.25) is 0 Å². The lowest BCUT2D eigenvalue weighted by atomic mass is 10.1. The van der Waals surface area contributed by atoms with Crippen LogP contribution in [0.3, 0.4) is 0 Å². The highest BCUT2D eigenvalue weighted by Crippen LogP contribution is 2.36. The Bertz CT molecular complexity index is 893. The SMILES string of the molecule is O=C1c2ccccc2C(O)N1c1cccc(Nc2ccccc2)c1. The molecule has 0 saturated heterocycles. The Hall–Kier alpha value is -3.11. The predicted molar refractivity (Wildman–Crippen MR) is 94.4 cm³/mol. The molecule has 1 aliphatic heterocycles. The van der Waals surface area contributed by atoms with Crippen LogP contribution in [0.4, 0.5) is 17.1 Å². The third-order valence-electron chi connectivity index (χ3n) is 4.12. The van der Waals surface area contributed by atoms with Crippen LogP contribution >= 0.6 is 0 Å². The van der Waals surface area contributed by atoms with E-state index in [9.17, 15) is 9.90 Å². The fraction of sp³-hybridized carbons (Fsp3) is 0.0500. The van der Waals surface area contributed by atoms with Crippen molar-refractivity contribution >= 4 is 23.0 Å². The second kappa shape index (κ2) is 5.83. The molecule has 1 aliphatic rings. The van der Waals surface area contributed by atoms with Gasteiger partial charge in [0.1, 0.15) is 0 Å². The van der Waals surface area contributed by atoms with Crippen molar-refractivity contribution in [2.75, 3.05) is 10.2 Å². The van der Waals surface area contributed by atoms with Crippen LogP contribution in [0.15, 0.2) is 78.9 Å². The molecule has 2 N–H and O–H groups in total. The lowest BCUT2D eigenvalue weighted by molar-refractivity contribution is 0.0935. The van der Waals surface area contributed by atoms with Gasteiger partial charge in [-0.1, -0.05) is 42.5 Å². The minimum atomic E-state index is -0.958. The zero-order chi connectivity index (χ0) is 16.5. The van der Waals surface area contributed by atoms with E-state index in [1.54, 1.807) is 18.2 Å². The van der Waals surface area contributed by atoms with Crippen LogP contribution in [-0.2, 0) is 0 Å². The van der Waals surface area contributed by atoms with E-state index in [1.807, 2.05) is 60.7 Å². The first-order valence-corrected chi connectivity index (χ1v) is 7.77. The third-order valence-corrected chi connectivity index (χ3v) is 4.12. The molecule has 1 heterocycles. The number of aliphatic hydroxyl groups excluding tert-OH is 1. The number of nitrogens with one attached hydrogen (secondary N) is 1. The molecule has 118 valence electrons. The molecule has 3 aromatic carbocycles. The van der Waals surface area contributed by atoms with Gasteiger partial charge in [0.25, 0.3) is 5.91 Å². The van der Waals surface area contributed by atoms with Gasteiger partial charge in [-0.3, -0.25) is 9.69 Å². The number of rotatable bonds is 3. The van der Waals surface area contributed by atoms with Gasteiger partial charge in [0.05, 0.1) is 0 Å².